The van der Waals surface area contributed by atoms with Gasteiger partial charge >= 0.3 is 0 Å². The first-order valence-electron chi connectivity index (χ1n) is 8.36. The van der Waals surface area contributed by atoms with E-state index in [2.05, 4.69) is 51.8 Å². The van der Waals surface area contributed by atoms with Crippen LogP contribution in [0.4, 0.5) is 0 Å². The van der Waals surface area contributed by atoms with Crippen LogP contribution in [0, 0.1) is 0 Å². The number of unbranched alkanes of at least 4 members (excludes halogenated alkanes) is 1. The highest BCUT2D eigenvalue weighted by molar-refractivity contribution is 7.19. The molecule has 0 aromatic rings. The molecule has 0 spiro atoms. The number of hydrogen-bond acceptors (Lipinski definition) is 5. The second-order valence-corrected chi connectivity index (χ2v) is 6.20. The van der Waals surface area contributed by atoms with Crippen LogP contribution in [0.5, 0.6) is 0 Å². The molecule has 25 heavy (non-hydrogen) atoms. The van der Waals surface area contributed by atoms with Gasteiger partial charge in [0.05, 0.1) is 21.3 Å². The molecule has 0 aromatic carbocycles. The lowest BCUT2D eigenvalue weighted by atomic mass is 10.1. The minimum atomic E-state index is 0.576. The van der Waals surface area contributed by atoms with Crippen molar-refractivity contribution in [2.75, 3.05) is 48.5 Å². The highest BCUT2D eigenvalue weighted by Gasteiger charge is 2.13. The Hall–Kier alpha value is -1.87. The third kappa shape index (κ3) is 6.17. The van der Waals surface area contributed by atoms with Gasteiger partial charge in [-0.25, -0.2) is 0 Å². The van der Waals surface area contributed by atoms with Crippen molar-refractivity contribution in [2.24, 2.45) is 0 Å². The Morgan fingerprint density at radius 3 is 2.44 bits per heavy atom. The fraction of sp³-hybridized carbons (Fsp3) is 0.526. The predicted molar refractivity (Wildman–Crippen MR) is 107 cm³/mol. The third-order valence-corrected chi connectivity index (χ3v) is 4.34. The van der Waals surface area contributed by atoms with Crippen molar-refractivity contribution >= 4 is 14.7 Å². The van der Waals surface area contributed by atoms with Crippen LogP contribution in [-0.4, -0.2) is 64.1 Å². The molecule has 1 heterocycles. The van der Waals surface area contributed by atoms with Crippen LogP contribution < -0.4 is 0 Å². The SMILES string of the molecule is CO/C(C=P)=C(OC)/C(=C\CCCN1CC=C(N(C)C)C=C1C)OC. The van der Waals surface area contributed by atoms with Crippen LogP contribution in [0.3, 0.4) is 0 Å². The average Bonchev–Trinajstić information content (AvgIpc) is 2.61. The van der Waals surface area contributed by atoms with E-state index in [-0.39, 0.29) is 0 Å². The molecule has 0 aliphatic carbocycles. The molecule has 0 fully saturated rings. The summed E-state index contributed by atoms with van der Waals surface area (Å²) in [6.07, 6.45) is 8.44. The molecule has 1 aliphatic rings. The van der Waals surface area contributed by atoms with Crippen molar-refractivity contribution in [3.63, 3.8) is 0 Å². The second kappa shape index (κ2) is 10.9. The summed E-state index contributed by atoms with van der Waals surface area (Å²) in [6.45, 7) is 4.11. The summed E-state index contributed by atoms with van der Waals surface area (Å²) in [4.78, 5) is 4.52. The molecule has 0 atom stereocenters. The van der Waals surface area contributed by atoms with Gasteiger partial charge in [0.1, 0.15) is 0 Å². The Morgan fingerprint density at radius 2 is 1.96 bits per heavy atom. The summed E-state index contributed by atoms with van der Waals surface area (Å²) < 4.78 is 16.2. The number of nitrogens with zero attached hydrogens (tertiary/aromatic N) is 2. The zero-order chi connectivity index (χ0) is 18.8. The number of allylic oxidation sites excluding steroid dienone is 4. The summed E-state index contributed by atoms with van der Waals surface area (Å²) >= 11 is 0. The molecule has 1 rings (SSSR count). The lowest BCUT2D eigenvalue weighted by Crippen LogP contribution is -2.28. The molecule has 5 nitrogen and oxygen atoms in total. The first-order chi connectivity index (χ1) is 12.0. The van der Waals surface area contributed by atoms with E-state index in [1.54, 1.807) is 27.1 Å². The lowest BCUT2D eigenvalue weighted by molar-refractivity contribution is 0.194. The normalized spacial score (nSPS) is 15.8. The smallest absolute Gasteiger partial charge is 0.203 e. The highest BCUT2D eigenvalue weighted by atomic mass is 31.0. The summed E-state index contributed by atoms with van der Waals surface area (Å²) in [6, 6.07) is 0. The minimum absolute atomic E-state index is 0.576. The Bertz CT molecular complexity index is 577. The van der Waals surface area contributed by atoms with Gasteiger partial charge in [-0.3, -0.25) is 0 Å². The third-order valence-electron chi connectivity index (χ3n) is 4.08. The molecular formula is C19H31N2O3P. The van der Waals surface area contributed by atoms with Gasteiger partial charge in [-0.2, -0.15) is 0 Å². The zero-order valence-electron chi connectivity index (χ0n) is 16.3. The maximum Gasteiger partial charge on any atom is 0.203 e. The molecule has 1 aliphatic heterocycles. The van der Waals surface area contributed by atoms with E-state index >= 15 is 0 Å². The van der Waals surface area contributed by atoms with E-state index in [1.165, 1.54) is 11.4 Å². The van der Waals surface area contributed by atoms with E-state index in [4.69, 9.17) is 14.2 Å². The van der Waals surface area contributed by atoms with Crippen molar-refractivity contribution in [3.05, 3.63) is 46.9 Å². The maximum absolute atomic E-state index is 5.46. The zero-order valence-corrected chi connectivity index (χ0v) is 17.3. The van der Waals surface area contributed by atoms with Gasteiger partial charge in [0.2, 0.25) is 5.76 Å². The van der Waals surface area contributed by atoms with E-state index in [0.717, 1.165) is 25.9 Å². The van der Waals surface area contributed by atoms with Crippen molar-refractivity contribution < 1.29 is 14.2 Å². The molecule has 0 saturated heterocycles. The molecule has 0 unspecified atom stereocenters. The second-order valence-electron chi connectivity index (χ2n) is 5.92. The van der Waals surface area contributed by atoms with Crippen LogP contribution in [0.1, 0.15) is 19.8 Å². The standard InChI is InChI=1S/C19H31N2O3P/c1-15-13-16(20(2)3)10-12-21(15)11-8-7-9-17(22-4)19(24-6)18(14-25)23-5/h9-10,13-14,25H,7-8,11-12H2,1-6H3/b17-9+,19-18-. The minimum Gasteiger partial charge on any atom is -0.493 e. The fourth-order valence-electron chi connectivity index (χ4n) is 2.62. The molecule has 140 valence electrons. The monoisotopic (exact) mass is 366 g/mol. The number of hydrogen-bond donors (Lipinski definition) is 0. The Morgan fingerprint density at radius 1 is 1.24 bits per heavy atom. The van der Waals surface area contributed by atoms with E-state index < -0.39 is 0 Å². The van der Waals surface area contributed by atoms with Gasteiger partial charge in [-0.15, -0.1) is 8.86 Å². The molecule has 0 amide bonds. The Kier molecular flexibility index (Phi) is 9.22. The van der Waals surface area contributed by atoms with E-state index in [1.807, 2.05) is 6.08 Å². The number of methoxy groups -OCH3 is 3. The van der Waals surface area contributed by atoms with Gasteiger partial charge in [-0.1, -0.05) is 0 Å². The van der Waals surface area contributed by atoms with Gasteiger partial charge in [-0.05, 0) is 38.0 Å². The first kappa shape index (κ1) is 21.2. The number of likely N-dealkylation sites (N-methyl/N-ethyl adjacent to an activating group) is 1. The average molecular weight is 366 g/mol. The molecule has 0 bridgehead atoms. The number of ether oxygens (including phenoxy) is 3. The predicted octanol–water partition coefficient (Wildman–Crippen LogP) is 3.41. The van der Waals surface area contributed by atoms with Crippen molar-refractivity contribution in [3.8, 4) is 0 Å². The van der Waals surface area contributed by atoms with Crippen LogP contribution in [0.15, 0.2) is 46.9 Å². The molecular weight excluding hydrogens is 335 g/mol. The molecule has 0 N–H and O–H groups in total. The van der Waals surface area contributed by atoms with Gasteiger partial charge < -0.3 is 24.0 Å². The largest absolute Gasteiger partial charge is 0.493 e. The summed E-state index contributed by atoms with van der Waals surface area (Å²) in [7, 11) is 12.3. The summed E-state index contributed by atoms with van der Waals surface area (Å²) in [5.41, 5.74) is 2.57. The molecule has 0 aromatic heterocycles. The maximum atomic E-state index is 5.46. The molecule has 0 saturated carbocycles. The van der Waals surface area contributed by atoms with Gasteiger partial charge in [0.15, 0.2) is 11.5 Å². The van der Waals surface area contributed by atoms with E-state index in [9.17, 15) is 0 Å². The molecule has 6 heteroatoms. The fourth-order valence-corrected chi connectivity index (χ4v) is 2.86. The van der Waals surface area contributed by atoms with Gasteiger partial charge in [0, 0.05) is 44.4 Å². The van der Waals surface area contributed by atoms with Crippen LogP contribution in [-0.2, 0) is 14.2 Å². The molecule has 0 radical (unpaired) electrons. The Labute approximate surface area is 154 Å². The quantitative estimate of drug-likeness (QED) is 0.256. The van der Waals surface area contributed by atoms with Crippen LogP contribution >= 0.6 is 8.86 Å². The van der Waals surface area contributed by atoms with Crippen molar-refractivity contribution in [1.82, 2.24) is 9.80 Å². The van der Waals surface area contributed by atoms with Gasteiger partial charge in [0.25, 0.3) is 0 Å². The summed E-state index contributed by atoms with van der Waals surface area (Å²) in [5.74, 6) is 3.51. The van der Waals surface area contributed by atoms with Crippen molar-refractivity contribution in [1.29, 1.82) is 0 Å². The number of rotatable bonds is 10. The topological polar surface area (TPSA) is 34.2 Å². The Balaban J connectivity index is 2.64. The van der Waals surface area contributed by atoms with Crippen LogP contribution in [0.25, 0.3) is 0 Å². The highest BCUT2D eigenvalue weighted by Crippen LogP contribution is 2.19. The van der Waals surface area contributed by atoms with E-state index in [0.29, 0.717) is 17.3 Å². The lowest BCUT2D eigenvalue weighted by Gasteiger charge is -2.29. The first-order valence-corrected chi connectivity index (χ1v) is 8.94. The van der Waals surface area contributed by atoms with Crippen molar-refractivity contribution in [2.45, 2.75) is 19.8 Å². The van der Waals surface area contributed by atoms with Crippen LogP contribution in [0.2, 0.25) is 0 Å². The summed E-state index contributed by atoms with van der Waals surface area (Å²) in [5, 5.41) is 0.